The SMILES string of the molecule is CCCOC(=O)c1nc(-c2ccc(Cl)c(OC)c2F)nc(N(C)c2ccc(OC)cc2OC)c1N(C)c1ccc(OC)cc1OC. The van der Waals surface area contributed by atoms with Gasteiger partial charge in [0.05, 0.1) is 64.1 Å². The first-order valence-corrected chi connectivity index (χ1v) is 14.5. The summed E-state index contributed by atoms with van der Waals surface area (Å²) in [6.45, 7) is 2.01. The molecule has 0 N–H and O–H groups in total. The van der Waals surface area contributed by atoms with Gasteiger partial charge in [0.1, 0.15) is 28.7 Å². The van der Waals surface area contributed by atoms with Gasteiger partial charge in [0.2, 0.25) is 0 Å². The number of carbonyl (C=O) groups is 1. The molecule has 4 rings (SSSR count). The number of rotatable bonds is 13. The van der Waals surface area contributed by atoms with Crippen molar-refractivity contribution in [3.05, 3.63) is 65.1 Å². The number of halogens is 2. The van der Waals surface area contributed by atoms with Gasteiger partial charge >= 0.3 is 5.97 Å². The van der Waals surface area contributed by atoms with E-state index in [-0.39, 0.29) is 46.0 Å². The average molecular weight is 655 g/mol. The summed E-state index contributed by atoms with van der Waals surface area (Å²) in [7, 11) is 10.9. The van der Waals surface area contributed by atoms with Crippen molar-refractivity contribution in [1.82, 2.24) is 9.97 Å². The molecule has 0 radical (unpaired) electrons. The van der Waals surface area contributed by atoms with Gasteiger partial charge in [0, 0.05) is 26.2 Å². The lowest BCUT2D eigenvalue weighted by Gasteiger charge is -2.30. The van der Waals surface area contributed by atoms with Crippen LogP contribution in [0.4, 0.5) is 27.3 Å². The molecule has 4 aromatic rings. The van der Waals surface area contributed by atoms with Gasteiger partial charge in [-0.15, -0.1) is 0 Å². The third kappa shape index (κ3) is 6.66. The van der Waals surface area contributed by atoms with Gasteiger partial charge in [-0.25, -0.2) is 19.2 Å². The van der Waals surface area contributed by atoms with E-state index >= 15 is 4.39 Å². The molecule has 244 valence electrons. The summed E-state index contributed by atoms with van der Waals surface area (Å²) in [5.74, 6) is 0.417. The second-order valence-corrected chi connectivity index (χ2v) is 10.2. The summed E-state index contributed by atoms with van der Waals surface area (Å²) >= 11 is 6.19. The van der Waals surface area contributed by atoms with Crippen molar-refractivity contribution in [2.24, 2.45) is 0 Å². The van der Waals surface area contributed by atoms with Crippen LogP contribution in [-0.2, 0) is 4.74 Å². The monoisotopic (exact) mass is 654 g/mol. The number of anilines is 4. The number of benzene rings is 3. The summed E-state index contributed by atoms with van der Waals surface area (Å²) in [6.07, 6.45) is 0.569. The van der Waals surface area contributed by atoms with Crippen LogP contribution < -0.4 is 33.5 Å². The van der Waals surface area contributed by atoms with Crippen LogP contribution in [-0.4, -0.2) is 72.2 Å². The molecule has 0 unspecified atom stereocenters. The van der Waals surface area contributed by atoms with E-state index in [0.717, 1.165) is 0 Å². The molecule has 0 fully saturated rings. The highest BCUT2D eigenvalue weighted by atomic mass is 35.5. The van der Waals surface area contributed by atoms with Crippen LogP contribution in [0.15, 0.2) is 48.5 Å². The Hall–Kier alpha value is -4.97. The molecule has 11 nitrogen and oxygen atoms in total. The highest BCUT2D eigenvalue weighted by Gasteiger charge is 2.31. The molecule has 0 bridgehead atoms. The minimum absolute atomic E-state index is 0.0432. The topological polar surface area (TPSA) is 105 Å². The van der Waals surface area contributed by atoms with Crippen LogP contribution in [0.25, 0.3) is 11.4 Å². The lowest BCUT2D eigenvalue weighted by molar-refractivity contribution is 0.0499. The highest BCUT2D eigenvalue weighted by Crippen LogP contribution is 2.45. The number of nitrogens with zero attached hydrogens (tertiary/aromatic N) is 4. The lowest BCUT2D eigenvalue weighted by Crippen LogP contribution is -2.24. The lowest BCUT2D eigenvalue weighted by atomic mass is 10.1. The molecule has 13 heteroatoms. The van der Waals surface area contributed by atoms with Gasteiger partial charge in [0.15, 0.2) is 28.9 Å². The van der Waals surface area contributed by atoms with Gasteiger partial charge in [-0.3, -0.25) is 0 Å². The molecular formula is C33H36ClFN4O7. The quantitative estimate of drug-likeness (QED) is 0.138. The van der Waals surface area contributed by atoms with Crippen LogP contribution in [0.3, 0.4) is 0 Å². The second-order valence-electron chi connectivity index (χ2n) is 9.84. The molecule has 46 heavy (non-hydrogen) atoms. The first kappa shape index (κ1) is 33.9. The third-order valence-corrected chi connectivity index (χ3v) is 7.44. The maximum Gasteiger partial charge on any atom is 0.359 e. The molecule has 0 aliphatic carbocycles. The zero-order chi connectivity index (χ0) is 33.5. The van der Waals surface area contributed by atoms with Crippen molar-refractivity contribution >= 4 is 40.5 Å². The Balaban J connectivity index is 2.10. The molecule has 0 saturated heterocycles. The van der Waals surface area contributed by atoms with E-state index in [4.69, 9.17) is 45.0 Å². The molecule has 0 spiro atoms. The van der Waals surface area contributed by atoms with Crippen LogP contribution >= 0.6 is 11.6 Å². The average Bonchev–Trinajstić information content (AvgIpc) is 3.08. The van der Waals surface area contributed by atoms with E-state index in [9.17, 15) is 4.79 Å². The number of esters is 1. The Morgan fingerprint density at radius 3 is 1.91 bits per heavy atom. The van der Waals surface area contributed by atoms with Crippen LogP contribution in [0.2, 0.25) is 5.02 Å². The summed E-state index contributed by atoms with van der Waals surface area (Å²) in [5.41, 5.74) is 1.20. The Morgan fingerprint density at radius 2 is 1.39 bits per heavy atom. The van der Waals surface area contributed by atoms with Gasteiger partial charge in [-0.2, -0.15) is 0 Å². The van der Waals surface area contributed by atoms with Crippen molar-refractivity contribution in [1.29, 1.82) is 0 Å². The van der Waals surface area contributed by atoms with E-state index in [2.05, 4.69) is 4.98 Å². The van der Waals surface area contributed by atoms with E-state index < -0.39 is 11.8 Å². The van der Waals surface area contributed by atoms with E-state index in [0.29, 0.717) is 40.8 Å². The number of carbonyl (C=O) groups excluding carboxylic acids is 1. The molecule has 0 amide bonds. The largest absolute Gasteiger partial charge is 0.497 e. The van der Waals surface area contributed by atoms with Gasteiger partial charge in [-0.1, -0.05) is 18.5 Å². The minimum atomic E-state index is -0.795. The van der Waals surface area contributed by atoms with Crippen molar-refractivity contribution in [3.63, 3.8) is 0 Å². The first-order valence-electron chi connectivity index (χ1n) is 14.2. The van der Waals surface area contributed by atoms with Crippen molar-refractivity contribution < 1.29 is 37.6 Å². The van der Waals surface area contributed by atoms with E-state index in [1.807, 2.05) is 6.92 Å². The Morgan fingerprint density at radius 1 is 0.804 bits per heavy atom. The summed E-state index contributed by atoms with van der Waals surface area (Å²) in [5, 5.41) is 0.0644. The summed E-state index contributed by atoms with van der Waals surface area (Å²) < 4.78 is 48.8. The van der Waals surface area contributed by atoms with E-state index in [1.165, 1.54) is 33.5 Å². The zero-order valence-electron chi connectivity index (χ0n) is 26.9. The third-order valence-electron chi connectivity index (χ3n) is 7.14. The fourth-order valence-electron chi connectivity index (χ4n) is 4.76. The molecule has 0 aliphatic rings. The molecule has 3 aromatic carbocycles. The van der Waals surface area contributed by atoms with Crippen molar-refractivity contribution in [2.45, 2.75) is 13.3 Å². The van der Waals surface area contributed by atoms with Crippen molar-refractivity contribution in [3.8, 4) is 40.1 Å². The maximum atomic E-state index is 15.8. The summed E-state index contributed by atoms with van der Waals surface area (Å²) in [4.78, 5) is 26.6. The van der Waals surface area contributed by atoms with Crippen molar-refractivity contribution in [2.75, 3.05) is 66.1 Å². The molecular weight excluding hydrogens is 619 g/mol. The molecule has 0 aliphatic heterocycles. The number of methoxy groups -OCH3 is 5. The predicted octanol–water partition coefficient (Wildman–Crippen LogP) is 7.08. The zero-order valence-corrected chi connectivity index (χ0v) is 27.7. The molecule has 0 saturated carbocycles. The number of ether oxygens (including phenoxy) is 6. The highest BCUT2D eigenvalue weighted by molar-refractivity contribution is 6.32. The van der Waals surface area contributed by atoms with Crippen LogP contribution in [0.1, 0.15) is 23.8 Å². The number of hydrogen-bond donors (Lipinski definition) is 0. The number of hydrogen-bond acceptors (Lipinski definition) is 11. The van der Waals surface area contributed by atoms with Gasteiger partial charge in [0.25, 0.3) is 0 Å². The predicted molar refractivity (Wildman–Crippen MR) is 175 cm³/mol. The minimum Gasteiger partial charge on any atom is -0.497 e. The molecule has 1 heterocycles. The normalized spacial score (nSPS) is 10.7. The molecule has 0 atom stereocenters. The standard InChI is InChI=1S/C33H36ClFN4O7/c1-9-16-46-33(40)28-29(38(2)23-14-10-19(41-4)17-25(23)43-6)32(39(3)24-15-11-20(42-5)18-26(24)44-7)37-31(36-28)21-12-13-22(34)30(45-8)27(21)35/h10-15,17-18H,9,16H2,1-8H3. The van der Waals surface area contributed by atoms with Crippen LogP contribution in [0, 0.1) is 5.82 Å². The summed E-state index contributed by atoms with van der Waals surface area (Å²) in [6, 6.07) is 13.4. The fraction of sp³-hybridized carbons (Fsp3) is 0.303. The van der Waals surface area contributed by atoms with Gasteiger partial charge < -0.3 is 38.2 Å². The number of aromatic nitrogens is 2. The second kappa shape index (κ2) is 14.9. The molecule has 1 aromatic heterocycles. The maximum absolute atomic E-state index is 15.8. The van der Waals surface area contributed by atoms with Gasteiger partial charge in [-0.05, 0) is 42.8 Å². The Kier molecular flexibility index (Phi) is 11.0. The smallest absolute Gasteiger partial charge is 0.359 e. The fourth-order valence-corrected chi connectivity index (χ4v) is 4.99. The first-order chi connectivity index (χ1) is 22.1. The Bertz CT molecular complexity index is 1720. The van der Waals surface area contributed by atoms with E-state index in [1.54, 1.807) is 74.5 Å². The van der Waals surface area contributed by atoms with Crippen LogP contribution in [0.5, 0.6) is 28.7 Å². The Labute approximate surface area is 272 Å².